The van der Waals surface area contributed by atoms with Gasteiger partial charge in [0.1, 0.15) is 11.4 Å². The zero-order valence-corrected chi connectivity index (χ0v) is 28.8. The van der Waals surface area contributed by atoms with Crippen LogP contribution in [0.3, 0.4) is 0 Å². The first kappa shape index (κ1) is 34.2. The van der Waals surface area contributed by atoms with Crippen molar-refractivity contribution in [1.82, 2.24) is 50.9 Å². The topological polar surface area (TPSA) is 154 Å². The van der Waals surface area contributed by atoms with Gasteiger partial charge in [0.2, 0.25) is 17.7 Å². The van der Waals surface area contributed by atoms with E-state index in [9.17, 15) is 4.79 Å². The number of amides is 1. The number of nitrogens with zero attached hydrogens (tertiary/aromatic N) is 7. The average molecular weight is 704 g/mol. The van der Waals surface area contributed by atoms with Gasteiger partial charge in [0.15, 0.2) is 0 Å². The molecule has 0 aliphatic carbocycles. The Labute approximate surface area is 293 Å². The number of benzene rings is 2. The van der Waals surface area contributed by atoms with Crippen LogP contribution in [-0.4, -0.2) is 67.6 Å². The van der Waals surface area contributed by atoms with Crippen LogP contribution in [0.25, 0.3) is 33.6 Å². The minimum absolute atomic E-state index is 0.0821. The third kappa shape index (κ3) is 7.81. The van der Waals surface area contributed by atoms with Crippen LogP contribution in [-0.2, 0) is 31.0 Å². The van der Waals surface area contributed by atoms with E-state index in [-0.39, 0.29) is 11.9 Å². The first-order valence-corrected chi connectivity index (χ1v) is 16.6. The predicted molar refractivity (Wildman–Crippen MR) is 186 cm³/mol. The molecule has 0 radical (unpaired) electrons. The van der Waals surface area contributed by atoms with E-state index in [1.54, 1.807) is 31.3 Å². The Bertz CT molecular complexity index is 1950. The van der Waals surface area contributed by atoms with Crippen molar-refractivity contribution in [1.29, 1.82) is 0 Å². The van der Waals surface area contributed by atoms with Crippen LogP contribution >= 0.6 is 23.2 Å². The molecule has 1 aliphatic rings. The molecule has 15 heteroatoms. The first-order valence-electron chi connectivity index (χ1n) is 15.9. The number of carbonyl (C=O) groups is 1. The number of nitrogens with one attached hydrogen (secondary N) is 3. The SMILES string of the molecule is CCn1cc(CNCc2ncc(-c3cccc(-c4cccc(-c5cnc(CNC[C@@H]6CCC(=O)N6)c(OC)n5)c4Cl)c3Cl)nc2OC)nn1. The van der Waals surface area contributed by atoms with Crippen LogP contribution in [0, 0.1) is 0 Å². The standard InChI is InChI=1S/C34H36Cl2N10O3/c1-4-46-19-21(44-45-46)14-38-16-29-34(49-3)43-27(18-40-29)25-10-6-8-23(32(25)36)22-7-5-9-24(31(22)35)26-17-39-28(33(42-26)48-2)15-37-13-20-11-12-30(47)41-20/h5-10,17-20,37-38H,4,11-16H2,1-3H3,(H,41,47)/t20-/m0/s1. The van der Waals surface area contributed by atoms with Crippen LogP contribution in [0.1, 0.15) is 36.8 Å². The summed E-state index contributed by atoms with van der Waals surface area (Å²) < 4.78 is 12.9. The van der Waals surface area contributed by atoms with Crippen molar-refractivity contribution in [3.8, 4) is 45.4 Å². The molecule has 0 saturated carbocycles. The molecule has 1 atom stereocenters. The molecule has 0 unspecified atom stereocenters. The van der Waals surface area contributed by atoms with E-state index in [4.69, 9.17) is 42.6 Å². The molecule has 1 saturated heterocycles. The molecule has 3 aromatic heterocycles. The summed E-state index contributed by atoms with van der Waals surface area (Å²) in [6.45, 7) is 4.80. The molecular weight excluding hydrogens is 667 g/mol. The van der Waals surface area contributed by atoms with Gasteiger partial charge in [-0.3, -0.25) is 19.4 Å². The molecule has 0 spiro atoms. The fraction of sp³-hybridized carbons (Fsp3) is 0.324. The molecular formula is C34H36Cl2N10O3. The first-order chi connectivity index (χ1) is 23.9. The van der Waals surface area contributed by atoms with Gasteiger partial charge in [-0.2, -0.15) is 0 Å². The summed E-state index contributed by atoms with van der Waals surface area (Å²) in [7, 11) is 3.12. The second-order valence-electron chi connectivity index (χ2n) is 11.4. The van der Waals surface area contributed by atoms with Crippen molar-refractivity contribution in [2.24, 2.45) is 0 Å². The Morgan fingerprint density at radius 3 is 1.94 bits per heavy atom. The summed E-state index contributed by atoms with van der Waals surface area (Å²) in [6, 6.07) is 11.5. The van der Waals surface area contributed by atoms with Crippen LogP contribution in [0.5, 0.6) is 11.8 Å². The van der Waals surface area contributed by atoms with Gasteiger partial charge < -0.3 is 25.4 Å². The van der Waals surface area contributed by atoms with Crippen molar-refractivity contribution in [3.05, 3.63) is 82.1 Å². The highest BCUT2D eigenvalue weighted by Gasteiger charge is 2.21. The van der Waals surface area contributed by atoms with Gasteiger partial charge in [-0.15, -0.1) is 5.10 Å². The van der Waals surface area contributed by atoms with Crippen molar-refractivity contribution < 1.29 is 14.3 Å². The minimum atomic E-state index is 0.0821. The maximum absolute atomic E-state index is 11.5. The molecule has 1 amide bonds. The van der Waals surface area contributed by atoms with Crippen LogP contribution in [0.4, 0.5) is 0 Å². The monoisotopic (exact) mass is 702 g/mol. The summed E-state index contributed by atoms with van der Waals surface area (Å²) in [5, 5.41) is 18.7. The average Bonchev–Trinajstić information content (AvgIpc) is 3.77. The summed E-state index contributed by atoms with van der Waals surface area (Å²) in [4.78, 5) is 30.2. The molecule has 2 aromatic carbocycles. The number of rotatable bonds is 14. The van der Waals surface area contributed by atoms with Gasteiger partial charge in [0.25, 0.3) is 0 Å². The molecule has 5 aromatic rings. The normalized spacial score (nSPS) is 14.2. The summed E-state index contributed by atoms with van der Waals surface area (Å²) in [5.41, 5.74) is 6.04. The number of methoxy groups -OCH3 is 2. The molecule has 254 valence electrons. The highest BCUT2D eigenvalue weighted by Crippen LogP contribution is 2.42. The number of aryl methyl sites for hydroxylation is 1. The number of hydrogen-bond acceptors (Lipinski definition) is 11. The van der Waals surface area contributed by atoms with E-state index < -0.39 is 0 Å². The fourth-order valence-corrected chi connectivity index (χ4v) is 6.23. The van der Waals surface area contributed by atoms with Gasteiger partial charge in [0, 0.05) is 73.6 Å². The molecule has 13 nitrogen and oxygen atoms in total. The van der Waals surface area contributed by atoms with E-state index in [0.717, 1.165) is 29.8 Å². The second kappa shape index (κ2) is 15.7. The fourth-order valence-electron chi connectivity index (χ4n) is 5.58. The van der Waals surface area contributed by atoms with Crippen molar-refractivity contribution >= 4 is 29.1 Å². The minimum Gasteiger partial charge on any atom is -0.480 e. The zero-order chi connectivity index (χ0) is 34.3. The molecule has 0 bridgehead atoms. The number of aromatic nitrogens is 7. The molecule has 1 fully saturated rings. The van der Waals surface area contributed by atoms with Crippen LogP contribution in [0.2, 0.25) is 10.0 Å². The van der Waals surface area contributed by atoms with Crippen LogP contribution < -0.4 is 25.4 Å². The molecule has 1 aliphatic heterocycles. The Kier molecular flexibility index (Phi) is 10.9. The number of hydrogen-bond donors (Lipinski definition) is 3. The van der Waals surface area contributed by atoms with Gasteiger partial charge in [-0.1, -0.05) is 64.8 Å². The lowest BCUT2D eigenvalue weighted by molar-refractivity contribution is -0.119. The lowest BCUT2D eigenvalue weighted by atomic mass is 9.98. The summed E-state index contributed by atoms with van der Waals surface area (Å²) in [6.07, 6.45) is 6.62. The smallest absolute Gasteiger partial charge is 0.237 e. The largest absolute Gasteiger partial charge is 0.480 e. The third-order valence-corrected chi connectivity index (χ3v) is 8.94. The number of carbonyl (C=O) groups excluding carboxylic acids is 1. The second-order valence-corrected chi connectivity index (χ2v) is 12.1. The van der Waals surface area contributed by atoms with Gasteiger partial charge in [-0.25, -0.2) is 9.97 Å². The maximum atomic E-state index is 11.5. The summed E-state index contributed by atoms with van der Waals surface area (Å²) in [5.74, 6) is 0.858. The van der Waals surface area contributed by atoms with E-state index in [0.29, 0.717) is 88.3 Å². The molecule has 4 heterocycles. The lowest BCUT2D eigenvalue weighted by Crippen LogP contribution is -2.35. The number of ether oxygens (including phenoxy) is 2. The maximum Gasteiger partial charge on any atom is 0.237 e. The summed E-state index contributed by atoms with van der Waals surface area (Å²) >= 11 is 14.1. The Morgan fingerprint density at radius 1 is 0.857 bits per heavy atom. The van der Waals surface area contributed by atoms with Crippen molar-refractivity contribution in [3.63, 3.8) is 0 Å². The Balaban J connectivity index is 1.20. The van der Waals surface area contributed by atoms with Crippen molar-refractivity contribution in [2.45, 2.75) is 52.0 Å². The third-order valence-electron chi connectivity index (χ3n) is 8.13. The van der Waals surface area contributed by atoms with E-state index in [2.05, 4.69) is 36.2 Å². The molecule has 3 N–H and O–H groups in total. The van der Waals surface area contributed by atoms with Gasteiger partial charge in [0.05, 0.1) is 53.7 Å². The predicted octanol–water partition coefficient (Wildman–Crippen LogP) is 4.86. The van der Waals surface area contributed by atoms with Gasteiger partial charge >= 0.3 is 0 Å². The molecule has 6 rings (SSSR count). The lowest BCUT2D eigenvalue weighted by Gasteiger charge is -2.15. The molecule has 49 heavy (non-hydrogen) atoms. The Morgan fingerprint density at radius 2 is 1.43 bits per heavy atom. The number of halogens is 2. The Hall–Kier alpha value is -4.69. The highest BCUT2D eigenvalue weighted by molar-refractivity contribution is 6.39. The van der Waals surface area contributed by atoms with Crippen LogP contribution in [0.15, 0.2) is 55.0 Å². The quantitative estimate of drug-likeness (QED) is 0.145. The van der Waals surface area contributed by atoms with E-state index in [1.165, 1.54) is 0 Å². The highest BCUT2D eigenvalue weighted by atomic mass is 35.5. The van der Waals surface area contributed by atoms with E-state index >= 15 is 0 Å². The van der Waals surface area contributed by atoms with Gasteiger partial charge in [-0.05, 0) is 13.3 Å². The van der Waals surface area contributed by atoms with Crippen molar-refractivity contribution in [2.75, 3.05) is 20.8 Å². The van der Waals surface area contributed by atoms with E-state index in [1.807, 2.05) is 49.5 Å². The zero-order valence-electron chi connectivity index (χ0n) is 27.3.